The van der Waals surface area contributed by atoms with Crippen molar-refractivity contribution in [1.29, 1.82) is 0 Å². The molecule has 1 aromatic carbocycles. The first-order valence-corrected chi connectivity index (χ1v) is 9.52. The summed E-state index contributed by atoms with van der Waals surface area (Å²) in [5.74, 6) is 0.807. The van der Waals surface area contributed by atoms with E-state index in [1.54, 1.807) is 18.0 Å². The largest absolute Gasteiger partial charge is 0.355 e. The van der Waals surface area contributed by atoms with Crippen molar-refractivity contribution in [1.82, 2.24) is 24.6 Å². The van der Waals surface area contributed by atoms with Crippen molar-refractivity contribution in [2.75, 3.05) is 12.3 Å². The monoisotopic (exact) mass is 369 g/mol. The Kier molecular flexibility index (Phi) is 5.78. The van der Waals surface area contributed by atoms with Gasteiger partial charge in [-0.2, -0.15) is 5.10 Å². The summed E-state index contributed by atoms with van der Waals surface area (Å²) in [7, 11) is 1.96. The molecule has 0 aliphatic heterocycles. The molecule has 1 amide bonds. The average molecular weight is 369 g/mol. The van der Waals surface area contributed by atoms with E-state index in [0.717, 1.165) is 33.5 Å². The van der Waals surface area contributed by atoms with Crippen molar-refractivity contribution in [3.05, 3.63) is 59.7 Å². The van der Waals surface area contributed by atoms with Crippen molar-refractivity contribution < 1.29 is 4.79 Å². The zero-order chi connectivity index (χ0) is 18.5. The first-order chi connectivity index (χ1) is 12.6. The molecule has 2 heterocycles. The molecule has 7 heteroatoms. The number of aryl methyl sites for hydroxylation is 2. The molecule has 0 radical (unpaired) electrons. The summed E-state index contributed by atoms with van der Waals surface area (Å²) >= 11 is 1.63. The number of nitrogens with one attached hydrogen (secondary N) is 1. The number of aromatic nitrogens is 4. The third-order valence-corrected chi connectivity index (χ3v) is 5.27. The number of carbonyl (C=O) groups is 1. The summed E-state index contributed by atoms with van der Waals surface area (Å²) in [6.45, 7) is 4.57. The fourth-order valence-electron chi connectivity index (χ4n) is 2.80. The Labute approximate surface area is 157 Å². The van der Waals surface area contributed by atoms with E-state index < -0.39 is 0 Å². The highest BCUT2D eigenvalue weighted by Crippen LogP contribution is 2.18. The average Bonchev–Trinajstić information content (AvgIpc) is 3.17. The number of para-hydroxylation sites is 1. The number of hydrogen-bond acceptors (Lipinski definition) is 4. The van der Waals surface area contributed by atoms with Crippen molar-refractivity contribution >= 4 is 17.7 Å². The molecule has 1 N–H and O–H groups in total. The van der Waals surface area contributed by atoms with Crippen LogP contribution < -0.4 is 5.32 Å². The highest BCUT2D eigenvalue weighted by molar-refractivity contribution is 7.99. The lowest BCUT2D eigenvalue weighted by molar-refractivity contribution is -0.120. The van der Waals surface area contributed by atoms with Crippen LogP contribution in [-0.2, 0) is 18.3 Å². The van der Waals surface area contributed by atoms with Crippen LogP contribution in [0.4, 0.5) is 0 Å². The SMILES string of the molecule is Cc1nn(-c2ccccc2)c(C)c1CC(=O)NCCSc1nccn1C. The zero-order valence-electron chi connectivity index (χ0n) is 15.3. The number of thioether (sulfide) groups is 1. The Hall–Kier alpha value is -2.54. The minimum Gasteiger partial charge on any atom is -0.355 e. The van der Waals surface area contributed by atoms with Gasteiger partial charge >= 0.3 is 0 Å². The molecule has 26 heavy (non-hydrogen) atoms. The molecule has 136 valence electrons. The van der Waals surface area contributed by atoms with Crippen LogP contribution in [0.5, 0.6) is 0 Å². The van der Waals surface area contributed by atoms with Crippen LogP contribution in [0.3, 0.4) is 0 Å². The molecule has 0 aliphatic rings. The Balaban J connectivity index is 1.56. The number of benzene rings is 1. The maximum atomic E-state index is 12.3. The lowest BCUT2D eigenvalue weighted by atomic mass is 10.1. The molecule has 0 saturated carbocycles. The number of imidazole rings is 1. The Bertz CT molecular complexity index is 885. The molecule has 3 rings (SSSR count). The molecule has 0 fully saturated rings. The Morgan fingerprint density at radius 3 is 2.69 bits per heavy atom. The van der Waals surface area contributed by atoms with Crippen LogP contribution in [0.2, 0.25) is 0 Å². The molecule has 2 aromatic heterocycles. The van der Waals surface area contributed by atoms with Crippen molar-refractivity contribution in [2.24, 2.45) is 7.05 Å². The lowest BCUT2D eigenvalue weighted by Gasteiger charge is -2.07. The number of rotatable bonds is 7. The van der Waals surface area contributed by atoms with Gasteiger partial charge in [0.1, 0.15) is 0 Å². The molecule has 0 aliphatic carbocycles. The quantitative estimate of drug-likeness (QED) is 0.514. The summed E-state index contributed by atoms with van der Waals surface area (Å²) in [4.78, 5) is 16.6. The van der Waals surface area contributed by atoms with Gasteiger partial charge in [-0.05, 0) is 26.0 Å². The van der Waals surface area contributed by atoms with Gasteiger partial charge in [-0.3, -0.25) is 4.79 Å². The van der Waals surface area contributed by atoms with Crippen LogP contribution >= 0.6 is 11.8 Å². The van der Waals surface area contributed by atoms with E-state index in [-0.39, 0.29) is 5.91 Å². The van der Waals surface area contributed by atoms with Gasteiger partial charge in [0.2, 0.25) is 5.91 Å². The molecule has 0 atom stereocenters. The fraction of sp³-hybridized carbons (Fsp3) is 0.316. The Morgan fingerprint density at radius 2 is 2.00 bits per heavy atom. The topological polar surface area (TPSA) is 64.7 Å². The van der Waals surface area contributed by atoms with Gasteiger partial charge in [-0.1, -0.05) is 30.0 Å². The molecular weight excluding hydrogens is 346 g/mol. The molecule has 0 spiro atoms. The number of hydrogen-bond donors (Lipinski definition) is 1. The highest BCUT2D eigenvalue weighted by Gasteiger charge is 2.15. The normalized spacial score (nSPS) is 10.9. The molecule has 6 nitrogen and oxygen atoms in total. The van der Waals surface area contributed by atoms with E-state index in [1.807, 2.05) is 66.7 Å². The van der Waals surface area contributed by atoms with Crippen LogP contribution in [-0.4, -0.2) is 37.5 Å². The van der Waals surface area contributed by atoms with E-state index in [0.29, 0.717) is 13.0 Å². The minimum absolute atomic E-state index is 0.0178. The maximum Gasteiger partial charge on any atom is 0.224 e. The molecule has 0 bridgehead atoms. The molecule has 0 unspecified atom stereocenters. The predicted molar refractivity (Wildman–Crippen MR) is 104 cm³/mol. The maximum absolute atomic E-state index is 12.3. The van der Waals surface area contributed by atoms with E-state index in [9.17, 15) is 4.79 Å². The van der Waals surface area contributed by atoms with Crippen LogP contribution in [0.15, 0.2) is 47.9 Å². The summed E-state index contributed by atoms with van der Waals surface area (Å²) in [6, 6.07) is 9.97. The third kappa shape index (κ3) is 4.16. The second kappa shape index (κ2) is 8.23. The summed E-state index contributed by atoms with van der Waals surface area (Å²) in [5.41, 5.74) is 3.89. The van der Waals surface area contributed by atoms with E-state index in [1.165, 1.54) is 0 Å². The Morgan fingerprint density at radius 1 is 1.23 bits per heavy atom. The van der Waals surface area contributed by atoms with E-state index in [2.05, 4.69) is 15.4 Å². The second-order valence-corrected chi connectivity index (χ2v) is 7.15. The smallest absolute Gasteiger partial charge is 0.224 e. The summed E-state index contributed by atoms with van der Waals surface area (Å²) < 4.78 is 3.87. The third-order valence-electron chi connectivity index (χ3n) is 4.21. The number of amides is 1. The predicted octanol–water partition coefficient (Wildman–Crippen LogP) is 2.67. The first-order valence-electron chi connectivity index (χ1n) is 8.53. The van der Waals surface area contributed by atoms with Gasteiger partial charge in [0, 0.05) is 43.0 Å². The summed E-state index contributed by atoms with van der Waals surface area (Å²) in [6.07, 6.45) is 4.03. The lowest BCUT2D eigenvalue weighted by Crippen LogP contribution is -2.27. The molecular formula is C19H23N5OS. The minimum atomic E-state index is 0.0178. The van der Waals surface area contributed by atoms with Crippen LogP contribution in [0.25, 0.3) is 5.69 Å². The van der Waals surface area contributed by atoms with Gasteiger partial charge in [0.15, 0.2) is 5.16 Å². The molecule has 0 saturated heterocycles. The fourth-order valence-corrected chi connectivity index (χ4v) is 3.58. The van der Waals surface area contributed by atoms with Gasteiger partial charge in [0.05, 0.1) is 17.8 Å². The van der Waals surface area contributed by atoms with Crippen molar-refractivity contribution in [3.8, 4) is 5.69 Å². The van der Waals surface area contributed by atoms with Crippen LogP contribution in [0.1, 0.15) is 17.0 Å². The van der Waals surface area contributed by atoms with Crippen molar-refractivity contribution in [2.45, 2.75) is 25.4 Å². The highest BCUT2D eigenvalue weighted by atomic mass is 32.2. The van der Waals surface area contributed by atoms with Gasteiger partial charge in [-0.15, -0.1) is 0 Å². The van der Waals surface area contributed by atoms with Crippen LogP contribution in [0, 0.1) is 13.8 Å². The van der Waals surface area contributed by atoms with E-state index >= 15 is 0 Å². The second-order valence-electron chi connectivity index (χ2n) is 6.09. The van der Waals surface area contributed by atoms with Gasteiger partial charge < -0.3 is 9.88 Å². The van der Waals surface area contributed by atoms with Gasteiger partial charge in [0.25, 0.3) is 0 Å². The number of nitrogens with zero attached hydrogens (tertiary/aromatic N) is 4. The first kappa shape index (κ1) is 18.3. The van der Waals surface area contributed by atoms with E-state index in [4.69, 9.17) is 0 Å². The van der Waals surface area contributed by atoms with Crippen molar-refractivity contribution in [3.63, 3.8) is 0 Å². The molecule has 3 aromatic rings. The standard InChI is InChI=1S/C19H23N5OS/c1-14-17(15(2)24(22-14)16-7-5-4-6-8-16)13-18(25)20-10-12-26-19-21-9-11-23(19)3/h4-9,11H,10,12-13H2,1-3H3,(H,20,25). The van der Waals surface area contributed by atoms with Gasteiger partial charge in [-0.25, -0.2) is 9.67 Å². The number of carbonyl (C=O) groups excluding carboxylic acids is 1. The zero-order valence-corrected chi connectivity index (χ0v) is 16.1. The summed E-state index contributed by atoms with van der Waals surface area (Å²) in [5, 5.41) is 8.53.